The van der Waals surface area contributed by atoms with E-state index < -0.39 is 0 Å². The molecule has 0 saturated carbocycles. The molecule has 24 heavy (non-hydrogen) atoms. The third-order valence-electron chi connectivity index (χ3n) is 4.37. The lowest BCUT2D eigenvalue weighted by Gasteiger charge is -2.28. The zero-order chi connectivity index (χ0) is 16.2. The second kappa shape index (κ2) is 8.32. The van der Waals surface area contributed by atoms with Crippen molar-refractivity contribution in [2.24, 2.45) is 0 Å². The first-order chi connectivity index (χ1) is 11.1. The summed E-state index contributed by atoms with van der Waals surface area (Å²) >= 11 is 0. The summed E-state index contributed by atoms with van der Waals surface area (Å²) in [5.41, 5.74) is 6.09. The summed E-state index contributed by atoms with van der Waals surface area (Å²) < 4.78 is 0. The fourth-order valence-electron chi connectivity index (χ4n) is 3.28. The van der Waals surface area contributed by atoms with Crippen LogP contribution >= 0.6 is 12.4 Å². The van der Waals surface area contributed by atoms with Crippen LogP contribution in [0, 0.1) is 13.8 Å². The van der Waals surface area contributed by atoms with Gasteiger partial charge in [-0.3, -0.25) is 9.69 Å². The van der Waals surface area contributed by atoms with Crippen molar-refractivity contribution in [1.82, 2.24) is 4.90 Å². The van der Waals surface area contributed by atoms with E-state index in [1.807, 2.05) is 26.0 Å². The summed E-state index contributed by atoms with van der Waals surface area (Å²) in [6.45, 7) is 6.90. The van der Waals surface area contributed by atoms with Crippen molar-refractivity contribution < 1.29 is 4.79 Å². The van der Waals surface area contributed by atoms with E-state index in [0.717, 1.165) is 31.7 Å². The van der Waals surface area contributed by atoms with Gasteiger partial charge in [-0.2, -0.15) is 0 Å². The van der Waals surface area contributed by atoms with Crippen molar-refractivity contribution >= 4 is 24.0 Å². The first-order valence-corrected chi connectivity index (χ1v) is 8.27. The molecule has 3 nitrogen and oxygen atoms in total. The summed E-state index contributed by atoms with van der Waals surface area (Å²) in [6, 6.07) is 14.7. The molecular weight excluding hydrogens is 320 g/mol. The number of nitrogens with zero attached hydrogens (tertiary/aromatic N) is 1. The first-order valence-electron chi connectivity index (χ1n) is 8.27. The minimum Gasteiger partial charge on any atom is -0.326 e. The molecule has 0 atom stereocenters. The van der Waals surface area contributed by atoms with Crippen molar-refractivity contribution in [3.63, 3.8) is 0 Å². The van der Waals surface area contributed by atoms with Crippen LogP contribution in [0.3, 0.4) is 0 Å². The molecule has 0 saturated heterocycles. The molecule has 0 bridgehead atoms. The molecule has 1 heterocycles. The first kappa shape index (κ1) is 18.5. The Labute approximate surface area is 150 Å². The van der Waals surface area contributed by atoms with E-state index in [0.29, 0.717) is 6.42 Å². The predicted octanol–water partition coefficient (Wildman–Crippen LogP) is 4.11. The van der Waals surface area contributed by atoms with Gasteiger partial charge in [-0.1, -0.05) is 30.3 Å². The number of carbonyl (C=O) groups is 1. The Bertz CT molecular complexity index is 694. The molecule has 128 valence electrons. The van der Waals surface area contributed by atoms with Crippen LogP contribution in [0.1, 0.15) is 28.7 Å². The Kier molecular flexibility index (Phi) is 6.41. The Hall–Kier alpha value is -1.84. The van der Waals surface area contributed by atoms with Crippen LogP contribution in [0.25, 0.3) is 0 Å². The van der Waals surface area contributed by atoms with Gasteiger partial charge in [-0.05, 0) is 54.7 Å². The number of amides is 1. The Morgan fingerprint density at radius 1 is 1.08 bits per heavy atom. The quantitative estimate of drug-likeness (QED) is 0.905. The minimum atomic E-state index is 0. The van der Waals surface area contributed by atoms with Gasteiger partial charge < -0.3 is 5.32 Å². The van der Waals surface area contributed by atoms with E-state index in [9.17, 15) is 4.79 Å². The third kappa shape index (κ3) is 4.83. The van der Waals surface area contributed by atoms with Gasteiger partial charge in [0.2, 0.25) is 5.91 Å². The molecule has 4 heteroatoms. The zero-order valence-electron chi connectivity index (χ0n) is 14.3. The van der Waals surface area contributed by atoms with E-state index in [4.69, 9.17) is 0 Å². The lowest BCUT2D eigenvalue weighted by molar-refractivity contribution is -0.116. The highest BCUT2D eigenvalue weighted by atomic mass is 35.5. The summed E-state index contributed by atoms with van der Waals surface area (Å²) in [5.74, 6) is 0.0915. The summed E-state index contributed by atoms with van der Waals surface area (Å²) in [5, 5.41) is 3.02. The average molecular weight is 345 g/mol. The van der Waals surface area contributed by atoms with Crippen LogP contribution in [0.4, 0.5) is 5.69 Å². The molecular formula is C20H25ClN2O. The molecule has 1 amide bonds. The number of aryl methyl sites for hydroxylation is 2. The SMILES string of the molecule is Cc1cc(C)cc(NC(=O)CCN2CCc3ccccc3C2)c1.Cl. The highest BCUT2D eigenvalue weighted by molar-refractivity contribution is 5.91. The van der Waals surface area contributed by atoms with E-state index in [2.05, 4.69) is 40.5 Å². The number of fused-ring (bicyclic) bond motifs is 1. The molecule has 0 spiro atoms. The maximum Gasteiger partial charge on any atom is 0.225 e. The molecule has 2 aromatic rings. The van der Waals surface area contributed by atoms with E-state index in [1.54, 1.807) is 0 Å². The maximum absolute atomic E-state index is 12.2. The molecule has 3 rings (SSSR count). The summed E-state index contributed by atoms with van der Waals surface area (Å²) in [6.07, 6.45) is 1.62. The summed E-state index contributed by atoms with van der Waals surface area (Å²) in [4.78, 5) is 14.5. The number of hydrogen-bond acceptors (Lipinski definition) is 2. The van der Waals surface area contributed by atoms with Gasteiger partial charge in [0.25, 0.3) is 0 Å². The van der Waals surface area contributed by atoms with E-state index in [1.165, 1.54) is 22.3 Å². The molecule has 0 unspecified atom stereocenters. The zero-order valence-corrected chi connectivity index (χ0v) is 15.2. The second-order valence-electron chi connectivity index (χ2n) is 6.47. The van der Waals surface area contributed by atoms with Gasteiger partial charge in [-0.25, -0.2) is 0 Å². The van der Waals surface area contributed by atoms with Gasteiger partial charge in [0.05, 0.1) is 0 Å². The molecule has 1 aliphatic heterocycles. The van der Waals surface area contributed by atoms with Crippen molar-refractivity contribution in [2.45, 2.75) is 33.2 Å². The molecule has 1 N–H and O–H groups in total. The standard InChI is InChI=1S/C20H24N2O.ClH/c1-15-11-16(2)13-19(12-15)21-20(23)8-10-22-9-7-17-5-3-4-6-18(17)14-22;/h3-6,11-13H,7-10,14H2,1-2H3,(H,21,23);1H. The lowest BCUT2D eigenvalue weighted by atomic mass is 10.00. The molecule has 1 aliphatic rings. The van der Waals surface area contributed by atoms with Crippen LogP contribution in [0.2, 0.25) is 0 Å². The maximum atomic E-state index is 12.2. The van der Waals surface area contributed by atoms with Gasteiger partial charge >= 0.3 is 0 Å². The molecule has 2 aromatic carbocycles. The third-order valence-corrected chi connectivity index (χ3v) is 4.37. The number of carbonyl (C=O) groups excluding carboxylic acids is 1. The molecule has 0 radical (unpaired) electrons. The van der Waals surface area contributed by atoms with Crippen LogP contribution in [0.15, 0.2) is 42.5 Å². The monoisotopic (exact) mass is 344 g/mol. The molecule has 0 fully saturated rings. The largest absolute Gasteiger partial charge is 0.326 e. The molecule has 0 aromatic heterocycles. The highest BCUT2D eigenvalue weighted by Crippen LogP contribution is 2.19. The minimum absolute atomic E-state index is 0. The van der Waals surface area contributed by atoms with E-state index >= 15 is 0 Å². The fourth-order valence-corrected chi connectivity index (χ4v) is 3.28. The van der Waals surface area contributed by atoms with Crippen molar-refractivity contribution in [1.29, 1.82) is 0 Å². The summed E-state index contributed by atoms with van der Waals surface area (Å²) in [7, 11) is 0. The van der Waals surface area contributed by atoms with Crippen LogP contribution in [-0.4, -0.2) is 23.9 Å². The lowest BCUT2D eigenvalue weighted by Crippen LogP contribution is -2.33. The van der Waals surface area contributed by atoms with Crippen LogP contribution < -0.4 is 5.32 Å². The Morgan fingerprint density at radius 2 is 1.75 bits per heavy atom. The van der Waals surface area contributed by atoms with Gasteiger partial charge in [-0.15, -0.1) is 12.4 Å². The number of benzene rings is 2. The van der Waals surface area contributed by atoms with Crippen LogP contribution in [-0.2, 0) is 17.8 Å². The van der Waals surface area contributed by atoms with E-state index in [-0.39, 0.29) is 18.3 Å². The van der Waals surface area contributed by atoms with Crippen LogP contribution in [0.5, 0.6) is 0 Å². The normalized spacial score (nSPS) is 13.8. The average Bonchev–Trinajstić information content (AvgIpc) is 2.52. The predicted molar refractivity (Wildman–Crippen MR) is 102 cm³/mol. The van der Waals surface area contributed by atoms with Gasteiger partial charge in [0.1, 0.15) is 0 Å². The number of rotatable bonds is 4. The van der Waals surface area contributed by atoms with Gasteiger partial charge in [0, 0.05) is 31.7 Å². The number of hydrogen-bond donors (Lipinski definition) is 1. The number of nitrogens with one attached hydrogen (secondary N) is 1. The Morgan fingerprint density at radius 3 is 2.46 bits per heavy atom. The fraction of sp³-hybridized carbons (Fsp3) is 0.350. The molecule has 0 aliphatic carbocycles. The number of anilines is 1. The van der Waals surface area contributed by atoms with Crippen molar-refractivity contribution in [3.05, 3.63) is 64.7 Å². The van der Waals surface area contributed by atoms with Crippen molar-refractivity contribution in [2.75, 3.05) is 18.4 Å². The van der Waals surface area contributed by atoms with Gasteiger partial charge in [0.15, 0.2) is 0 Å². The smallest absolute Gasteiger partial charge is 0.225 e. The highest BCUT2D eigenvalue weighted by Gasteiger charge is 2.16. The number of halogens is 1. The van der Waals surface area contributed by atoms with Crippen molar-refractivity contribution in [3.8, 4) is 0 Å². The topological polar surface area (TPSA) is 32.3 Å². The second-order valence-corrected chi connectivity index (χ2v) is 6.47. The Balaban J connectivity index is 0.00000208.